The number of aromatic nitrogens is 2. The van der Waals surface area contributed by atoms with Crippen LogP contribution < -0.4 is 9.47 Å². The molecule has 2 aromatic rings. The molecule has 0 N–H and O–H groups in total. The zero-order valence-corrected chi connectivity index (χ0v) is 20.1. The molecule has 2 unspecified atom stereocenters. The first kappa shape index (κ1) is 25.0. The highest BCUT2D eigenvalue weighted by atomic mass is 16.6. The largest absolute Gasteiger partial charge is 0.493 e. The summed E-state index contributed by atoms with van der Waals surface area (Å²) < 4.78 is 17.1. The normalized spacial score (nSPS) is 17.7. The fourth-order valence-corrected chi connectivity index (χ4v) is 4.10. The molecule has 3 rings (SSSR count). The molecule has 6 heteroatoms. The van der Waals surface area contributed by atoms with Crippen LogP contribution in [0, 0.1) is 5.92 Å². The lowest BCUT2D eigenvalue weighted by molar-refractivity contribution is -0.141. The number of carbonyl (C=O) groups excluding carboxylic acids is 1. The van der Waals surface area contributed by atoms with Crippen LogP contribution in [0.3, 0.4) is 0 Å². The maximum atomic E-state index is 11.6. The first-order valence-corrected chi connectivity index (χ1v) is 12.6. The molecule has 0 bridgehead atoms. The van der Waals surface area contributed by atoms with Crippen molar-refractivity contribution in [2.75, 3.05) is 13.2 Å². The molecule has 0 amide bonds. The highest BCUT2D eigenvalue weighted by Gasteiger charge is 2.34. The van der Waals surface area contributed by atoms with Gasteiger partial charge in [-0.25, -0.2) is 9.97 Å². The Kier molecular flexibility index (Phi) is 10.5. The molecule has 1 aromatic heterocycles. The second kappa shape index (κ2) is 13.8. The predicted octanol–water partition coefficient (Wildman–Crippen LogP) is 6.38. The third kappa shape index (κ3) is 8.34. The second-order valence-corrected chi connectivity index (χ2v) is 8.83. The molecular weight excluding hydrogens is 416 g/mol. The van der Waals surface area contributed by atoms with Gasteiger partial charge < -0.3 is 14.2 Å². The lowest BCUT2D eigenvalue weighted by Crippen LogP contribution is -2.22. The predicted molar refractivity (Wildman–Crippen MR) is 129 cm³/mol. The van der Waals surface area contributed by atoms with Crippen molar-refractivity contribution in [2.24, 2.45) is 5.92 Å². The molecule has 1 aromatic carbocycles. The fourth-order valence-electron chi connectivity index (χ4n) is 4.10. The number of unbranched alkanes of at least 4 members (excludes halogenated alkanes) is 6. The van der Waals surface area contributed by atoms with E-state index in [0.29, 0.717) is 31.2 Å². The summed E-state index contributed by atoms with van der Waals surface area (Å²) in [5.41, 5.74) is 0.921. The van der Waals surface area contributed by atoms with E-state index in [-0.39, 0.29) is 18.0 Å². The first-order valence-electron chi connectivity index (χ1n) is 12.6. The number of carbonyl (C=O) groups is 1. The van der Waals surface area contributed by atoms with Crippen LogP contribution in [-0.4, -0.2) is 35.3 Å². The minimum Gasteiger partial charge on any atom is -0.493 e. The van der Waals surface area contributed by atoms with Gasteiger partial charge in [-0.3, -0.25) is 4.79 Å². The van der Waals surface area contributed by atoms with Crippen molar-refractivity contribution >= 4 is 5.97 Å². The molecular formula is C27H38N2O4. The van der Waals surface area contributed by atoms with Crippen LogP contribution in [0.15, 0.2) is 36.7 Å². The van der Waals surface area contributed by atoms with Gasteiger partial charge in [-0.05, 0) is 37.1 Å². The summed E-state index contributed by atoms with van der Waals surface area (Å²) >= 11 is 0. The lowest BCUT2D eigenvalue weighted by Gasteiger charge is -2.17. The Morgan fingerprint density at radius 3 is 2.27 bits per heavy atom. The van der Waals surface area contributed by atoms with E-state index in [4.69, 9.17) is 14.2 Å². The second-order valence-electron chi connectivity index (χ2n) is 8.83. The van der Waals surface area contributed by atoms with Crippen molar-refractivity contribution < 1.29 is 19.0 Å². The van der Waals surface area contributed by atoms with Crippen LogP contribution in [0.5, 0.6) is 11.5 Å². The summed E-state index contributed by atoms with van der Waals surface area (Å²) in [6, 6.07) is 7.72. The fraction of sp³-hybridized carbons (Fsp3) is 0.593. The molecule has 6 nitrogen and oxygen atoms in total. The molecule has 0 radical (unpaired) electrons. The topological polar surface area (TPSA) is 70.5 Å². The number of esters is 1. The molecule has 33 heavy (non-hydrogen) atoms. The van der Waals surface area contributed by atoms with Crippen LogP contribution in [0.2, 0.25) is 0 Å². The van der Waals surface area contributed by atoms with Crippen LogP contribution in [0.25, 0.3) is 11.4 Å². The van der Waals surface area contributed by atoms with Crippen molar-refractivity contribution in [2.45, 2.75) is 84.2 Å². The Morgan fingerprint density at radius 1 is 0.879 bits per heavy atom. The highest BCUT2D eigenvalue weighted by molar-refractivity contribution is 5.72. The highest BCUT2D eigenvalue weighted by Crippen LogP contribution is 2.27. The average Bonchev–Trinajstić information content (AvgIpc) is 3.19. The Hall–Kier alpha value is -2.63. The van der Waals surface area contributed by atoms with Gasteiger partial charge in [0.25, 0.3) is 0 Å². The van der Waals surface area contributed by atoms with Gasteiger partial charge in [0.2, 0.25) is 0 Å². The van der Waals surface area contributed by atoms with Crippen molar-refractivity contribution in [3.63, 3.8) is 0 Å². The van der Waals surface area contributed by atoms with Gasteiger partial charge in [0, 0.05) is 11.5 Å². The number of ether oxygens (including phenoxy) is 3. The smallest absolute Gasteiger partial charge is 0.306 e. The number of hydrogen-bond acceptors (Lipinski definition) is 6. The van der Waals surface area contributed by atoms with E-state index in [1.165, 1.54) is 38.5 Å². The van der Waals surface area contributed by atoms with E-state index in [2.05, 4.69) is 23.8 Å². The Balaban J connectivity index is 1.40. The van der Waals surface area contributed by atoms with Gasteiger partial charge in [0.05, 0.1) is 32.0 Å². The number of benzene rings is 1. The SMILES string of the molecule is CCCCCCCCCOc1cnc(-c2ccc(OCC3CC(=O)OC3CCC)cc2)nc1. The van der Waals surface area contributed by atoms with Crippen molar-refractivity contribution in [3.8, 4) is 22.9 Å². The third-order valence-electron chi connectivity index (χ3n) is 6.03. The van der Waals surface area contributed by atoms with Crippen molar-refractivity contribution in [3.05, 3.63) is 36.7 Å². The van der Waals surface area contributed by atoms with Gasteiger partial charge in [0.15, 0.2) is 11.6 Å². The zero-order chi connectivity index (χ0) is 23.3. The number of rotatable bonds is 15. The Morgan fingerprint density at radius 2 is 1.58 bits per heavy atom. The maximum absolute atomic E-state index is 11.6. The lowest BCUT2D eigenvalue weighted by atomic mass is 9.99. The minimum absolute atomic E-state index is 0.0262. The van der Waals surface area contributed by atoms with Crippen molar-refractivity contribution in [1.82, 2.24) is 9.97 Å². The quantitative estimate of drug-likeness (QED) is 0.230. The summed E-state index contributed by atoms with van der Waals surface area (Å²) in [6.07, 6.45) is 14.6. The average molecular weight is 455 g/mol. The molecule has 0 spiro atoms. The minimum atomic E-state index is -0.121. The van der Waals surface area contributed by atoms with E-state index >= 15 is 0 Å². The molecule has 2 atom stereocenters. The van der Waals surface area contributed by atoms with Crippen LogP contribution >= 0.6 is 0 Å². The maximum Gasteiger partial charge on any atom is 0.306 e. The van der Waals surface area contributed by atoms with Gasteiger partial charge in [-0.2, -0.15) is 0 Å². The van der Waals surface area contributed by atoms with Gasteiger partial charge in [0.1, 0.15) is 11.9 Å². The molecule has 0 saturated carbocycles. The number of hydrogen-bond donors (Lipinski definition) is 0. The molecule has 2 heterocycles. The van der Waals surface area contributed by atoms with Crippen LogP contribution in [0.1, 0.15) is 78.1 Å². The Bertz CT molecular complexity index is 823. The summed E-state index contributed by atoms with van der Waals surface area (Å²) in [5, 5.41) is 0. The monoisotopic (exact) mass is 454 g/mol. The summed E-state index contributed by atoms with van der Waals surface area (Å²) in [6.45, 7) is 5.53. The van der Waals surface area contributed by atoms with E-state index in [0.717, 1.165) is 30.6 Å². The number of cyclic esters (lactones) is 1. The van der Waals surface area contributed by atoms with E-state index in [9.17, 15) is 4.79 Å². The van der Waals surface area contributed by atoms with E-state index < -0.39 is 0 Å². The zero-order valence-electron chi connectivity index (χ0n) is 20.1. The molecule has 1 aliphatic heterocycles. The Labute approximate surface area is 198 Å². The third-order valence-corrected chi connectivity index (χ3v) is 6.03. The molecule has 1 saturated heterocycles. The summed E-state index contributed by atoms with van der Waals surface area (Å²) in [4.78, 5) is 20.5. The van der Waals surface area contributed by atoms with Gasteiger partial charge in [-0.1, -0.05) is 58.8 Å². The first-order chi connectivity index (χ1) is 16.2. The number of nitrogens with zero attached hydrogens (tertiary/aromatic N) is 2. The molecule has 180 valence electrons. The van der Waals surface area contributed by atoms with Crippen molar-refractivity contribution in [1.29, 1.82) is 0 Å². The summed E-state index contributed by atoms with van der Waals surface area (Å²) in [5.74, 6) is 2.13. The van der Waals surface area contributed by atoms with E-state index in [1.54, 1.807) is 12.4 Å². The van der Waals surface area contributed by atoms with Gasteiger partial charge >= 0.3 is 5.97 Å². The molecule has 0 aliphatic carbocycles. The standard InChI is InChI=1S/C27H38N2O4/c1-3-5-6-7-8-9-10-16-31-24-18-28-27(29-19-24)21-12-14-23(15-13-21)32-20-22-17-26(30)33-25(22)11-4-2/h12-15,18-19,22,25H,3-11,16-17,20H2,1-2H3. The van der Waals surface area contributed by atoms with E-state index in [1.807, 2.05) is 24.3 Å². The van der Waals surface area contributed by atoms with Crippen LogP contribution in [0.4, 0.5) is 0 Å². The van der Waals surface area contributed by atoms with Crippen LogP contribution in [-0.2, 0) is 9.53 Å². The summed E-state index contributed by atoms with van der Waals surface area (Å²) in [7, 11) is 0. The molecule has 1 fully saturated rings. The molecule has 1 aliphatic rings. The van der Waals surface area contributed by atoms with Gasteiger partial charge in [-0.15, -0.1) is 0 Å².